The van der Waals surface area contributed by atoms with E-state index in [9.17, 15) is 9.90 Å². The van der Waals surface area contributed by atoms with Crippen LogP contribution in [0.1, 0.15) is 30.4 Å². The van der Waals surface area contributed by atoms with Gasteiger partial charge in [-0.2, -0.15) is 0 Å². The molecule has 1 rings (SSSR count). The van der Waals surface area contributed by atoms with Gasteiger partial charge in [0.15, 0.2) is 0 Å². The normalized spacial score (nSPS) is 15.0. The molecule has 4 heteroatoms. The predicted molar refractivity (Wildman–Crippen MR) is 62.1 cm³/mol. The van der Waals surface area contributed by atoms with Gasteiger partial charge in [0.2, 0.25) is 0 Å². The van der Waals surface area contributed by atoms with Gasteiger partial charge in [0.1, 0.15) is 0 Å². The minimum absolute atomic E-state index is 0.112. The summed E-state index contributed by atoms with van der Waals surface area (Å²) in [6.45, 7) is 5.86. The van der Waals surface area contributed by atoms with Crippen molar-refractivity contribution in [1.29, 1.82) is 0 Å². The maximum absolute atomic E-state index is 11.6. The van der Waals surface area contributed by atoms with E-state index < -0.39 is 5.60 Å². The molecular weight excluding hydrogens is 210 g/mol. The number of carbonyl (C=O) groups excluding carboxylic acids is 1. The number of aliphatic hydroxyl groups is 1. The van der Waals surface area contributed by atoms with Gasteiger partial charge in [-0.1, -0.05) is 19.9 Å². The summed E-state index contributed by atoms with van der Waals surface area (Å²) in [7, 11) is 0. The highest BCUT2D eigenvalue weighted by molar-refractivity contribution is 7.12. The van der Waals surface area contributed by atoms with Crippen molar-refractivity contribution in [2.75, 3.05) is 6.54 Å². The molecule has 0 saturated heterocycles. The van der Waals surface area contributed by atoms with Crippen molar-refractivity contribution in [2.24, 2.45) is 5.92 Å². The molecule has 1 amide bonds. The summed E-state index contributed by atoms with van der Waals surface area (Å²) in [6, 6.07) is 3.60. The SMILES string of the molecule is CC(C)C(C)(O)CNC(=O)c1cccs1. The highest BCUT2D eigenvalue weighted by Crippen LogP contribution is 2.15. The van der Waals surface area contributed by atoms with Crippen molar-refractivity contribution in [3.63, 3.8) is 0 Å². The molecule has 84 valence electrons. The summed E-state index contributed by atoms with van der Waals surface area (Å²) in [5, 5.41) is 14.5. The lowest BCUT2D eigenvalue weighted by Crippen LogP contribution is -2.44. The number of carbonyl (C=O) groups is 1. The second kappa shape index (κ2) is 4.77. The van der Waals surface area contributed by atoms with E-state index in [0.29, 0.717) is 4.88 Å². The molecule has 0 aliphatic heterocycles. The molecule has 0 fully saturated rings. The molecular formula is C11H17NO2S. The third-order valence-corrected chi connectivity index (χ3v) is 3.46. The fraction of sp³-hybridized carbons (Fsp3) is 0.545. The first-order valence-corrected chi connectivity index (χ1v) is 5.85. The predicted octanol–water partition coefficient (Wildman–Crippen LogP) is 1.88. The van der Waals surface area contributed by atoms with Crippen LogP contribution >= 0.6 is 11.3 Å². The van der Waals surface area contributed by atoms with Gasteiger partial charge >= 0.3 is 0 Å². The molecule has 0 spiro atoms. The Balaban J connectivity index is 2.48. The van der Waals surface area contributed by atoms with Crippen molar-refractivity contribution in [3.8, 4) is 0 Å². The standard InChI is InChI=1S/C11H17NO2S/c1-8(2)11(3,14)7-12-10(13)9-5-4-6-15-9/h4-6,8,14H,7H2,1-3H3,(H,12,13). The van der Waals surface area contributed by atoms with E-state index in [0.717, 1.165) is 0 Å². The highest BCUT2D eigenvalue weighted by Gasteiger charge is 2.25. The van der Waals surface area contributed by atoms with Crippen LogP contribution in [0.15, 0.2) is 17.5 Å². The Labute approximate surface area is 94.1 Å². The summed E-state index contributed by atoms with van der Waals surface area (Å²) in [6.07, 6.45) is 0. The Morgan fingerprint density at radius 3 is 2.80 bits per heavy atom. The summed E-state index contributed by atoms with van der Waals surface area (Å²) in [4.78, 5) is 12.2. The first-order valence-electron chi connectivity index (χ1n) is 4.97. The van der Waals surface area contributed by atoms with Crippen LogP contribution in [0, 0.1) is 5.92 Å². The lowest BCUT2D eigenvalue weighted by Gasteiger charge is -2.27. The molecule has 0 radical (unpaired) electrons. The zero-order chi connectivity index (χ0) is 11.5. The highest BCUT2D eigenvalue weighted by atomic mass is 32.1. The molecule has 1 aromatic rings. The van der Waals surface area contributed by atoms with Gasteiger partial charge in [-0.05, 0) is 24.3 Å². The topological polar surface area (TPSA) is 49.3 Å². The van der Waals surface area contributed by atoms with Crippen molar-refractivity contribution < 1.29 is 9.90 Å². The van der Waals surface area contributed by atoms with Gasteiger partial charge in [-0.15, -0.1) is 11.3 Å². The van der Waals surface area contributed by atoms with Gasteiger partial charge in [0.25, 0.3) is 5.91 Å². The number of hydrogen-bond acceptors (Lipinski definition) is 3. The van der Waals surface area contributed by atoms with Crippen molar-refractivity contribution in [3.05, 3.63) is 22.4 Å². The molecule has 0 saturated carbocycles. The van der Waals surface area contributed by atoms with E-state index in [1.54, 1.807) is 13.0 Å². The van der Waals surface area contributed by atoms with Gasteiger partial charge in [-0.3, -0.25) is 4.79 Å². The summed E-state index contributed by atoms with van der Waals surface area (Å²) in [5.41, 5.74) is -0.854. The monoisotopic (exact) mass is 227 g/mol. The molecule has 1 atom stereocenters. The van der Waals surface area contributed by atoms with Gasteiger partial charge in [0.05, 0.1) is 10.5 Å². The second-order valence-corrected chi connectivity index (χ2v) is 5.12. The van der Waals surface area contributed by atoms with Crippen LogP contribution in [0.5, 0.6) is 0 Å². The van der Waals surface area contributed by atoms with Crippen LogP contribution in [-0.2, 0) is 0 Å². The smallest absolute Gasteiger partial charge is 0.261 e. The average Bonchev–Trinajstić information content (AvgIpc) is 2.66. The largest absolute Gasteiger partial charge is 0.388 e. The molecule has 15 heavy (non-hydrogen) atoms. The second-order valence-electron chi connectivity index (χ2n) is 4.17. The van der Waals surface area contributed by atoms with E-state index in [1.807, 2.05) is 25.3 Å². The molecule has 1 unspecified atom stereocenters. The average molecular weight is 227 g/mol. The molecule has 0 aliphatic carbocycles. The molecule has 2 N–H and O–H groups in total. The Morgan fingerprint density at radius 1 is 1.67 bits per heavy atom. The number of rotatable bonds is 4. The lowest BCUT2D eigenvalue weighted by molar-refractivity contribution is 0.0143. The van der Waals surface area contributed by atoms with E-state index in [1.165, 1.54) is 11.3 Å². The molecule has 0 aromatic carbocycles. The number of hydrogen-bond donors (Lipinski definition) is 2. The van der Waals surface area contributed by atoms with Crippen LogP contribution < -0.4 is 5.32 Å². The zero-order valence-electron chi connectivity index (χ0n) is 9.28. The van der Waals surface area contributed by atoms with Crippen LogP contribution in [0.25, 0.3) is 0 Å². The Bertz CT molecular complexity index is 317. The first-order chi connectivity index (χ1) is 6.93. The van der Waals surface area contributed by atoms with Crippen LogP contribution in [0.3, 0.4) is 0 Å². The summed E-state index contributed by atoms with van der Waals surface area (Å²) < 4.78 is 0. The maximum Gasteiger partial charge on any atom is 0.261 e. The number of thiophene rings is 1. The third kappa shape index (κ3) is 3.32. The van der Waals surface area contributed by atoms with Crippen molar-refractivity contribution in [2.45, 2.75) is 26.4 Å². The quantitative estimate of drug-likeness (QED) is 0.825. The fourth-order valence-electron chi connectivity index (χ4n) is 0.958. The van der Waals surface area contributed by atoms with E-state index >= 15 is 0 Å². The number of amides is 1. The number of nitrogens with one attached hydrogen (secondary N) is 1. The van der Waals surface area contributed by atoms with Gasteiger partial charge in [0, 0.05) is 6.54 Å². The molecule has 3 nitrogen and oxygen atoms in total. The van der Waals surface area contributed by atoms with Crippen LogP contribution in [0.4, 0.5) is 0 Å². The molecule has 1 heterocycles. The van der Waals surface area contributed by atoms with Crippen molar-refractivity contribution in [1.82, 2.24) is 5.32 Å². The first kappa shape index (κ1) is 12.2. The molecule has 0 aliphatic rings. The minimum atomic E-state index is -0.854. The Hall–Kier alpha value is -0.870. The Kier molecular flexibility index (Phi) is 3.88. The van der Waals surface area contributed by atoms with Gasteiger partial charge in [-0.25, -0.2) is 0 Å². The van der Waals surface area contributed by atoms with Crippen LogP contribution in [0.2, 0.25) is 0 Å². The summed E-state index contributed by atoms with van der Waals surface area (Å²) >= 11 is 1.40. The lowest BCUT2D eigenvalue weighted by atomic mass is 9.92. The van der Waals surface area contributed by atoms with Crippen molar-refractivity contribution >= 4 is 17.2 Å². The molecule has 1 aromatic heterocycles. The maximum atomic E-state index is 11.6. The fourth-order valence-corrected chi connectivity index (χ4v) is 1.60. The zero-order valence-corrected chi connectivity index (χ0v) is 10.1. The summed E-state index contributed by atoms with van der Waals surface area (Å²) in [5.74, 6) is -0.00735. The van der Waals surface area contributed by atoms with Gasteiger partial charge < -0.3 is 10.4 Å². The van der Waals surface area contributed by atoms with E-state index in [2.05, 4.69) is 5.32 Å². The minimum Gasteiger partial charge on any atom is -0.388 e. The van der Waals surface area contributed by atoms with E-state index in [-0.39, 0.29) is 18.4 Å². The van der Waals surface area contributed by atoms with Crippen LogP contribution in [-0.4, -0.2) is 23.2 Å². The molecule has 0 bridgehead atoms. The third-order valence-electron chi connectivity index (χ3n) is 2.60. The Morgan fingerprint density at radius 2 is 2.33 bits per heavy atom. The van der Waals surface area contributed by atoms with E-state index in [4.69, 9.17) is 0 Å².